The first kappa shape index (κ1) is 14.8. The molecule has 0 N–H and O–H groups in total. The van der Waals surface area contributed by atoms with Crippen LogP contribution in [0.2, 0.25) is 0 Å². The number of carbonyl (C=O) groups excluding carboxylic acids is 1. The van der Waals surface area contributed by atoms with E-state index >= 15 is 0 Å². The summed E-state index contributed by atoms with van der Waals surface area (Å²) in [4.78, 5) is 14.6. The van der Waals surface area contributed by atoms with Crippen LogP contribution < -0.4 is 0 Å². The van der Waals surface area contributed by atoms with Gasteiger partial charge < -0.3 is 4.90 Å². The van der Waals surface area contributed by atoms with E-state index in [-0.39, 0.29) is 5.91 Å². The number of benzene rings is 1. The monoisotopic (exact) mass is 485 g/mol. The molecule has 98 valence electrons. The molecule has 1 heterocycles. The lowest BCUT2D eigenvalue weighted by Crippen LogP contribution is -2.38. The standard InChI is InChI=1S/C13H14Br2INO/c1-8-4-5-17(12(8)7-14)13(18)10-6-9(15)2-3-11(10)16/h2-3,6,8,12H,4-5,7H2,1H3. The smallest absolute Gasteiger partial charge is 0.255 e. The van der Waals surface area contributed by atoms with Crippen molar-refractivity contribution in [1.29, 1.82) is 0 Å². The number of hydrogen-bond acceptors (Lipinski definition) is 1. The van der Waals surface area contributed by atoms with Crippen molar-refractivity contribution < 1.29 is 4.79 Å². The second-order valence-electron chi connectivity index (χ2n) is 4.61. The van der Waals surface area contributed by atoms with Gasteiger partial charge in [-0.2, -0.15) is 0 Å². The molecule has 2 unspecified atom stereocenters. The molecule has 0 aliphatic carbocycles. The fourth-order valence-electron chi connectivity index (χ4n) is 2.31. The Balaban J connectivity index is 2.28. The van der Waals surface area contributed by atoms with Crippen molar-refractivity contribution >= 4 is 60.4 Å². The molecule has 1 aromatic rings. The van der Waals surface area contributed by atoms with E-state index < -0.39 is 0 Å². The first-order valence-electron chi connectivity index (χ1n) is 5.86. The molecule has 0 bridgehead atoms. The zero-order valence-electron chi connectivity index (χ0n) is 10.00. The number of rotatable bonds is 2. The Bertz CT molecular complexity index is 466. The Morgan fingerprint density at radius 3 is 2.94 bits per heavy atom. The van der Waals surface area contributed by atoms with Crippen molar-refractivity contribution in [3.63, 3.8) is 0 Å². The molecular weight excluding hydrogens is 473 g/mol. The molecule has 1 aliphatic heterocycles. The summed E-state index contributed by atoms with van der Waals surface area (Å²) in [5.41, 5.74) is 0.796. The molecule has 1 fully saturated rings. The summed E-state index contributed by atoms with van der Waals surface area (Å²) >= 11 is 9.18. The fraction of sp³-hybridized carbons (Fsp3) is 0.462. The summed E-state index contributed by atoms with van der Waals surface area (Å²) in [5.74, 6) is 0.715. The molecule has 2 nitrogen and oxygen atoms in total. The number of amides is 1. The van der Waals surface area contributed by atoms with Crippen LogP contribution in [0.4, 0.5) is 0 Å². The second-order valence-corrected chi connectivity index (χ2v) is 7.34. The highest BCUT2D eigenvalue weighted by Crippen LogP contribution is 2.29. The van der Waals surface area contributed by atoms with Crippen molar-refractivity contribution in [3.05, 3.63) is 31.8 Å². The van der Waals surface area contributed by atoms with E-state index in [9.17, 15) is 4.79 Å². The Kier molecular flexibility index (Phi) is 5.11. The van der Waals surface area contributed by atoms with Gasteiger partial charge in [-0.1, -0.05) is 38.8 Å². The van der Waals surface area contributed by atoms with Gasteiger partial charge in [-0.3, -0.25) is 4.79 Å². The van der Waals surface area contributed by atoms with Crippen molar-refractivity contribution in [3.8, 4) is 0 Å². The molecular formula is C13H14Br2INO. The van der Waals surface area contributed by atoms with Crippen LogP contribution in [0.25, 0.3) is 0 Å². The van der Waals surface area contributed by atoms with Gasteiger partial charge in [-0.15, -0.1) is 0 Å². The second kappa shape index (κ2) is 6.22. The number of alkyl halides is 1. The number of likely N-dealkylation sites (tertiary alicyclic amines) is 1. The normalized spacial score (nSPS) is 23.4. The van der Waals surface area contributed by atoms with Crippen molar-refractivity contribution in [2.24, 2.45) is 5.92 Å². The molecule has 5 heteroatoms. The Morgan fingerprint density at radius 1 is 1.56 bits per heavy atom. The van der Waals surface area contributed by atoms with Crippen LogP contribution >= 0.6 is 54.5 Å². The molecule has 2 atom stereocenters. The van der Waals surface area contributed by atoms with E-state index in [0.29, 0.717) is 12.0 Å². The maximum Gasteiger partial charge on any atom is 0.255 e. The molecule has 1 aromatic carbocycles. The number of hydrogen-bond donors (Lipinski definition) is 0. The van der Waals surface area contributed by atoms with Crippen LogP contribution in [0, 0.1) is 9.49 Å². The first-order chi connectivity index (χ1) is 8.54. The summed E-state index contributed by atoms with van der Waals surface area (Å²) in [6.45, 7) is 3.07. The van der Waals surface area contributed by atoms with Crippen molar-refractivity contribution in [1.82, 2.24) is 4.90 Å². The predicted molar refractivity (Wildman–Crippen MR) is 89.3 cm³/mol. The minimum atomic E-state index is 0.148. The highest BCUT2D eigenvalue weighted by Gasteiger charge is 2.34. The first-order valence-corrected chi connectivity index (χ1v) is 8.86. The molecule has 0 spiro atoms. The summed E-state index contributed by atoms with van der Waals surface area (Å²) < 4.78 is 1.96. The zero-order chi connectivity index (χ0) is 13.3. The lowest BCUT2D eigenvalue weighted by Gasteiger charge is -2.25. The molecule has 0 aromatic heterocycles. The highest BCUT2D eigenvalue weighted by atomic mass is 127. The number of nitrogens with zero attached hydrogens (tertiary/aromatic N) is 1. The van der Waals surface area contributed by atoms with Crippen molar-refractivity contribution in [2.45, 2.75) is 19.4 Å². The van der Waals surface area contributed by atoms with Gasteiger partial charge in [0.2, 0.25) is 0 Å². The number of carbonyl (C=O) groups is 1. The summed E-state index contributed by atoms with van der Waals surface area (Å²) in [5, 5.41) is 0.852. The molecule has 0 radical (unpaired) electrons. The Hall–Kier alpha value is 0.380. The number of halogens is 3. The minimum absolute atomic E-state index is 0.148. The Labute approximate surface area is 138 Å². The molecule has 1 saturated heterocycles. The third-order valence-electron chi connectivity index (χ3n) is 3.46. The van der Waals surface area contributed by atoms with Crippen LogP contribution in [0.1, 0.15) is 23.7 Å². The zero-order valence-corrected chi connectivity index (χ0v) is 15.3. The van der Waals surface area contributed by atoms with E-state index in [2.05, 4.69) is 61.4 Å². The Morgan fingerprint density at radius 2 is 2.28 bits per heavy atom. The third-order valence-corrected chi connectivity index (χ3v) is 5.56. The lowest BCUT2D eigenvalue weighted by atomic mass is 10.0. The minimum Gasteiger partial charge on any atom is -0.335 e. The van der Waals surface area contributed by atoms with E-state index in [0.717, 1.165) is 31.9 Å². The fourth-order valence-corrected chi connectivity index (χ4v) is 4.23. The maximum atomic E-state index is 12.6. The summed E-state index contributed by atoms with van der Waals surface area (Å²) in [7, 11) is 0. The van der Waals surface area contributed by atoms with Crippen LogP contribution in [0.3, 0.4) is 0 Å². The maximum absolute atomic E-state index is 12.6. The summed E-state index contributed by atoms with van der Waals surface area (Å²) in [6.07, 6.45) is 1.09. The molecule has 1 aliphatic rings. The van der Waals surface area contributed by atoms with E-state index in [4.69, 9.17) is 0 Å². The van der Waals surface area contributed by atoms with Gasteiger partial charge in [0.25, 0.3) is 5.91 Å². The van der Waals surface area contributed by atoms with E-state index in [1.54, 1.807) is 0 Å². The molecule has 18 heavy (non-hydrogen) atoms. The van der Waals surface area contributed by atoms with E-state index in [1.165, 1.54) is 0 Å². The van der Waals surface area contributed by atoms with Gasteiger partial charge in [0.1, 0.15) is 0 Å². The molecule has 1 amide bonds. The lowest BCUT2D eigenvalue weighted by molar-refractivity contribution is 0.0737. The van der Waals surface area contributed by atoms with Gasteiger partial charge in [-0.05, 0) is 53.1 Å². The van der Waals surface area contributed by atoms with Gasteiger partial charge >= 0.3 is 0 Å². The predicted octanol–water partition coefficient (Wildman–Crippen LogP) is 4.30. The average molecular weight is 487 g/mol. The van der Waals surface area contributed by atoms with Crippen LogP contribution in [0.5, 0.6) is 0 Å². The van der Waals surface area contributed by atoms with Gasteiger partial charge in [0, 0.05) is 26.0 Å². The highest BCUT2D eigenvalue weighted by molar-refractivity contribution is 14.1. The van der Waals surface area contributed by atoms with Crippen LogP contribution in [-0.4, -0.2) is 28.7 Å². The van der Waals surface area contributed by atoms with Crippen LogP contribution in [0.15, 0.2) is 22.7 Å². The van der Waals surface area contributed by atoms with Crippen molar-refractivity contribution in [2.75, 3.05) is 11.9 Å². The SMILES string of the molecule is CC1CCN(C(=O)c2cc(Br)ccc2I)C1CBr. The molecule has 0 saturated carbocycles. The average Bonchev–Trinajstić information content (AvgIpc) is 2.72. The van der Waals surface area contributed by atoms with E-state index in [1.807, 2.05) is 23.1 Å². The quantitative estimate of drug-likeness (QED) is 0.451. The topological polar surface area (TPSA) is 20.3 Å². The summed E-state index contributed by atoms with van der Waals surface area (Å²) in [6, 6.07) is 6.17. The largest absolute Gasteiger partial charge is 0.335 e. The van der Waals surface area contributed by atoms with Gasteiger partial charge in [0.15, 0.2) is 0 Å². The van der Waals surface area contributed by atoms with Crippen LogP contribution in [-0.2, 0) is 0 Å². The molecule has 2 rings (SSSR count). The van der Waals surface area contributed by atoms with Gasteiger partial charge in [0.05, 0.1) is 5.56 Å². The third kappa shape index (κ3) is 2.93. The van der Waals surface area contributed by atoms with Gasteiger partial charge in [-0.25, -0.2) is 0 Å².